The van der Waals surface area contributed by atoms with Gasteiger partial charge in [-0.05, 0) is 30.3 Å². The molecule has 0 bridgehead atoms. The molecular formula is C11H6ClFN2O2S2. The Labute approximate surface area is 118 Å². The highest BCUT2D eigenvalue weighted by Gasteiger charge is 2.18. The molecule has 0 fully saturated rings. The predicted molar refractivity (Wildman–Crippen MR) is 71.3 cm³/mol. The zero-order valence-electron chi connectivity index (χ0n) is 9.22. The minimum atomic E-state index is -3.90. The third kappa shape index (κ3) is 3.04. The number of benzene rings is 1. The number of anilines is 1. The van der Waals surface area contributed by atoms with Crippen LogP contribution in [0.5, 0.6) is 0 Å². The summed E-state index contributed by atoms with van der Waals surface area (Å²) in [4.78, 5) is 0.261. The number of hydrogen-bond acceptors (Lipinski definition) is 4. The van der Waals surface area contributed by atoms with Gasteiger partial charge in [0.2, 0.25) is 0 Å². The highest BCUT2D eigenvalue weighted by atomic mass is 35.5. The molecule has 0 atom stereocenters. The van der Waals surface area contributed by atoms with Crippen molar-refractivity contribution in [1.82, 2.24) is 0 Å². The Kier molecular flexibility index (Phi) is 3.75. The average molecular weight is 317 g/mol. The lowest BCUT2D eigenvalue weighted by Gasteiger charge is -2.07. The minimum absolute atomic E-state index is 0.0570. The summed E-state index contributed by atoms with van der Waals surface area (Å²) in [7, 11) is -3.90. The van der Waals surface area contributed by atoms with Crippen LogP contribution in [0.1, 0.15) is 4.88 Å². The van der Waals surface area contributed by atoms with E-state index in [9.17, 15) is 12.8 Å². The molecule has 0 saturated heterocycles. The van der Waals surface area contributed by atoms with Crippen LogP contribution in [0.2, 0.25) is 5.02 Å². The van der Waals surface area contributed by atoms with E-state index in [1.807, 2.05) is 6.07 Å². The van der Waals surface area contributed by atoms with Crippen molar-refractivity contribution in [3.8, 4) is 6.07 Å². The number of hydrogen-bond donors (Lipinski definition) is 1. The highest BCUT2D eigenvalue weighted by molar-refractivity contribution is 7.94. The fraction of sp³-hybridized carbons (Fsp3) is 0. The zero-order chi connectivity index (χ0) is 14.0. The van der Waals surface area contributed by atoms with E-state index in [4.69, 9.17) is 16.9 Å². The fourth-order valence-electron chi connectivity index (χ4n) is 1.29. The van der Waals surface area contributed by atoms with Gasteiger partial charge >= 0.3 is 0 Å². The third-order valence-corrected chi connectivity index (χ3v) is 5.21. The molecule has 1 aromatic carbocycles. The van der Waals surface area contributed by atoms with Gasteiger partial charge in [-0.2, -0.15) is 5.26 Å². The highest BCUT2D eigenvalue weighted by Crippen LogP contribution is 2.25. The van der Waals surface area contributed by atoms with E-state index >= 15 is 0 Å². The van der Waals surface area contributed by atoms with Gasteiger partial charge in [0.05, 0.1) is 5.69 Å². The maximum Gasteiger partial charge on any atom is 0.271 e. The largest absolute Gasteiger partial charge is 0.276 e. The van der Waals surface area contributed by atoms with Crippen molar-refractivity contribution in [2.45, 2.75) is 4.21 Å². The van der Waals surface area contributed by atoms with Gasteiger partial charge in [-0.25, -0.2) is 12.8 Å². The molecule has 0 spiro atoms. The van der Waals surface area contributed by atoms with E-state index in [1.165, 1.54) is 24.3 Å². The van der Waals surface area contributed by atoms with Crippen LogP contribution in [0, 0.1) is 17.1 Å². The van der Waals surface area contributed by atoms with Gasteiger partial charge in [0.25, 0.3) is 10.0 Å². The Balaban J connectivity index is 2.34. The van der Waals surface area contributed by atoms with Crippen molar-refractivity contribution < 1.29 is 12.8 Å². The Hall–Kier alpha value is -1.62. The summed E-state index contributed by atoms with van der Waals surface area (Å²) in [6.07, 6.45) is 0. The lowest BCUT2D eigenvalue weighted by atomic mass is 10.3. The molecule has 1 heterocycles. The molecular weight excluding hydrogens is 311 g/mol. The summed E-state index contributed by atoms with van der Waals surface area (Å²) in [5.74, 6) is -0.770. The quantitative estimate of drug-likeness (QED) is 0.945. The average Bonchev–Trinajstić information content (AvgIpc) is 2.82. The number of nitriles is 1. The summed E-state index contributed by atoms with van der Waals surface area (Å²) < 4.78 is 39.5. The first kappa shape index (κ1) is 13.8. The summed E-state index contributed by atoms with van der Waals surface area (Å²) in [5, 5.41) is 8.82. The molecule has 19 heavy (non-hydrogen) atoms. The van der Waals surface area contributed by atoms with E-state index in [0.29, 0.717) is 0 Å². The number of nitrogens with one attached hydrogen (secondary N) is 1. The number of sulfonamides is 1. The van der Waals surface area contributed by atoms with Crippen LogP contribution >= 0.6 is 22.9 Å². The van der Waals surface area contributed by atoms with Gasteiger partial charge in [0.1, 0.15) is 21.0 Å². The lowest BCUT2D eigenvalue weighted by Crippen LogP contribution is -2.12. The van der Waals surface area contributed by atoms with E-state index in [-0.39, 0.29) is 19.8 Å². The molecule has 0 amide bonds. The van der Waals surface area contributed by atoms with Crippen molar-refractivity contribution in [2.24, 2.45) is 0 Å². The standard InChI is InChI=1S/C11H6ClFN2O2S2/c12-7-1-3-10(9(13)5-7)15-19(16,17)11-4-2-8(6-14)18-11/h1-5,15H. The maximum atomic E-state index is 13.5. The van der Waals surface area contributed by atoms with Crippen molar-refractivity contribution >= 4 is 38.6 Å². The molecule has 0 aliphatic heterocycles. The van der Waals surface area contributed by atoms with E-state index in [0.717, 1.165) is 17.4 Å². The third-order valence-electron chi connectivity index (χ3n) is 2.13. The summed E-state index contributed by atoms with van der Waals surface area (Å²) in [6.45, 7) is 0. The van der Waals surface area contributed by atoms with E-state index in [1.54, 1.807) is 0 Å². The van der Waals surface area contributed by atoms with Crippen LogP contribution in [0.3, 0.4) is 0 Å². The molecule has 0 aliphatic rings. The summed E-state index contributed by atoms with van der Waals surface area (Å²) in [5.41, 5.74) is -0.198. The molecule has 4 nitrogen and oxygen atoms in total. The van der Waals surface area contributed by atoms with Gasteiger partial charge in [-0.1, -0.05) is 11.6 Å². The molecule has 0 aliphatic carbocycles. The van der Waals surface area contributed by atoms with Crippen molar-refractivity contribution in [2.75, 3.05) is 4.72 Å². The number of rotatable bonds is 3. The number of nitrogens with zero attached hydrogens (tertiary/aromatic N) is 1. The first-order valence-corrected chi connectivity index (χ1v) is 7.58. The van der Waals surface area contributed by atoms with Gasteiger partial charge in [0, 0.05) is 5.02 Å². The first-order chi connectivity index (χ1) is 8.92. The Morgan fingerprint density at radius 3 is 2.63 bits per heavy atom. The van der Waals surface area contributed by atoms with Crippen molar-refractivity contribution in [3.05, 3.63) is 46.0 Å². The van der Waals surface area contributed by atoms with E-state index < -0.39 is 15.8 Å². The molecule has 8 heteroatoms. The molecule has 98 valence electrons. The second kappa shape index (κ2) is 5.17. The molecule has 1 aromatic heterocycles. The van der Waals surface area contributed by atoms with E-state index in [2.05, 4.69) is 4.72 Å². The minimum Gasteiger partial charge on any atom is -0.276 e. The Morgan fingerprint density at radius 1 is 1.32 bits per heavy atom. The smallest absolute Gasteiger partial charge is 0.271 e. The van der Waals surface area contributed by atoms with Crippen LogP contribution in [0.15, 0.2) is 34.5 Å². The topological polar surface area (TPSA) is 70.0 Å². The molecule has 0 radical (unpaired) electrons. The van der Waals surface area contributed by atoms with Gasteiger partial charge in [-0.3, -0.25) is 4.72 Å². The molecule has 2 rings (SSSR count). The van der Waals surface area contributed by atoms with Crippen LogP contribution in [-0.4, -0.2) is 8.42 Å². The molecule has 1 N–H and O–H groups in total. The van der Waals surface area contributed by atoms with Gasteiger partial charge in [0.15, 0.2) is 0 Å². The normalized spacial score (nSPS) is 11.0. The maximum absolute atomic E-state index is 13.5. The monoisotopic (exact) mass is 316 g/mol. The molecule has 0 saturated carbocycles. The Bertz CT molecular complexity index is 765. The van der Waals surface area contributed by atoms with Crippen LogP contribution < -0.4 is 4.72 Å². The second-order valence-corrected chi connectivity index (χ2v) is 6.89. The Morgan fingerprint density at radius 2 is 2.05 bits per heavy atom. The van der Waals surface area contributed by atoms with Gasteiger partial charge in [-0.15, -0.1) is 11.3 Å². The van der Waals surface area contributed by atoms with Gasteiger partial charge < -0.3 is 0 Å². The van der Waals surface area contributed by atoms with Crippen LogP contribution in [-0.2, 0) is 10.0 Å². The lowest BCUT2D eigenvalue weighted by molar-refractivity contribution is 0.600. The predicted octanol–water partition coefficient (Wildman–Crippen LogP) is 3.21. The van der Waals surface area contributed by atoms with Crippen molar-refractivity contribution in [1.29, 1.82) is 5.26 Å². The van der Waals surface area contributed by atoms with Crippen LogP contribution in [0.4, 0.5) is 10.1 Å². The first-order valence-electron chi connectivity index (χ1n) is 4.90. The van der Waals surface area contributed by atoms with Crippen molar-refractivity contribution in [3.63, 3.8) is 0 Å². The number of halogens is 2. The number of thiophene rings is 1. The zero-order valence-corrected chi connectivity index (χ0v) is 11.6. The second-order valence-electron chi connectivity index (χ2n) is 3.46. The fourth-order valence-corrected chi connectivity index (χ4v) is 3.62. The molecule has 2 aromatic rings. The SMILES string of the molecule is N#Cc1ccc(S(=O)(=O)Nc2ccc(Cl)cc2F)s1. The summed E-state index contributed by atoms with van der Waals surface area (Å²) >= 11 is 6.38. The van der Waals surface area contributed by atoms with Crippen LogP contribution in [0.25, 0.3) is 0 Å². The molecule has 0 unspecified atom stereocenters. The summed E-state index contributed by atoms with van der Waals surface area (Å²) in [6, 6.07) is 8.13.